The van der Waals surface area contributed by atoms with Crippen LogP contribution < -0.4 is 19.4 Å². The molecule has 5 rings (SSSR count). The lowest BCUT2D eigenvalue weighted by Crippen LogP contribution is -2.37. The van der Waals surface area contributed by atoms with Crippen molar-refractivity contribution in [3.63, 3.8) is 0 Å². The molecule has 2 fully saturated rings. The summed E-state index contributed by atoms with van der Waals surface area (Å²) in [5, 5.41) is 1.48. The highest BCUT2D eigenvalue weighted by molar-refractivity contribution is 6.23. The normalized spacial score (nSPS) is 21.4. The molecule has 0 N–H and O–H groups in total. The van der Waals surface area contributed by atoms with E-state index < -0.39 is 36.2 Å². The number of hydrogen-bond acceptors (Lipinski definition) is 6. The summed E-state index contributed by atoms with van der Waals surface area (Å²) in [6.07, 6.45) is -5.08. The standard InChI is InChI=1S/C27H23F3N2O5/c1-2-16-35-20-14-10-18(11-15-20)31-25(33)22-23(17-8-12-21(13-9-17)36-27(28,29)30)32(37-24(22)26(31)34)19-6-4-3-5-7-19/h3-15,22-24H,2,16H2,1H3/t22-,23+,24-/m1/s1. The first kappa shape index (κ1) is 24.6. The SMILES string of the molecule is CCCOc1ccc(N2C(=O)[C@H]3[C@@H](ON(c4ccccc4)[C@H]3c3ccc(OC(F)(F)F)cc3)C2=O)cc1. The molecule has 3 atom stereocenters. The molecule has 0 spiro atoms. The molecule has 37 heavy (non-hydrogen) atoms. The van der Waals surface area contributed by atoms with Crippen molar-refractivity contribution in [1.82, 2.24) is 0 Å². The van der Waals surface area contributed by atoms with Crippen LogP contribution in [0.2, 0.25) is 0 Å². The average Bonchev–Trinajstić information content (AvgIpc) is 3.39. The molecule has 2 amide bonds. The second kappa shape index (κ2) is 9.78. The highest BCUT2D eigenvalue weighted by Gasteiger charge is 2.60. The van der Waals surface area contributed by atoms with E-state index in [0.29, 0.717) is 29.3 Å². The number of carbonyl (C=O) groups is 2. The number of anilines is 2. The van der Waals surface area contributed by atoms with Gasteiger partial charge in [0.2, 0.25) is 5.91 Å². The number of carbonyl (C=O) groups excluding carboxylic acids is 2. The third-order valence-corrected chi connectivity index (χ3v) is 6.15. The van der Waals surface area contributed by atoms with E-state index in [-0.39, 0.29) is 5.75 Å². The number of ether oxygens (including phenoxy) is 2. The summed E-state index contributed by atoms with van der Waals surface area (Å²) >= 11 is 0. The van der Waals surface area contributed by atoms with E-state index in [2.05, 4.69) is 4.74 Å². The summed E-state index contributed by atoms with van der Waals surface area (Å²) < 4.78 is 47.5. The molecule has 0 saturated carbocycles. The molecule has 0 aromatic heterocycles. The lowest BCUT2D eigenvalue weighted by molar-refractivity contribution is -0.274. The Labute approximate surface area is 210 Å². The number of hydroxylamine groups is 1. The van der Waals surface area contributed by atoms with Crippen molar-refractivity contribution in [3.05, 3.63) is 84.4 Å². The van der Waals surface area contributed by atoms with Gasteiger partial charge in [0.05, 0.1) is 24.0 Å². The number of hydrogen-bond donors (Lipinski definition) is 0. The molecule has 2 aliphatic heterocycles. The van der Waals surface area contributed by atoms with Crippen LogP contribution in [0.4, 0.5) is 24.5 Å². The van der Waals surface area contributed by atoms with Gasteiger partial charge in [-0.1, -0.05) is 37.3 Å². The van der Waals surface area contributed by atoms with Gasteiger partial charge in [-0.05, 0) is 60.5 Å². The number of alkyl halides is 3. The van der Waals surface area contributed by atoms with E-state index in [9.17, 15) is 22.8 Å². The smallest absolute Gasteiger partial charge is 0.494 e. The van der Waals surface area contributed by atoms with Gasteiger partial charge in [-0.25, -0.2) is 9.96 Å². The van der Waals surface area contributed by atoms with Crippen molar-refractivity contribution in [2.45, 2.75) is 31.9 Å². The Morgan fingerprint density at radius 3 is 2.11 bits per heavy atom. The molecule has 0 bridgehead atoms. The predicted molar refractivity (Wildman–Crippen MR) is 128 cm³/mol. The Bertz CT molecular complexity index is 1270. The fourth-order valence-electron chi connectivity index (χ4n) is 4.58. The van der Waals surface area contributed by atoms with Gasteiger partial charge < -0.3 is 9.47 Å². The van der Waals surface area contributed by atoms with Gasteiger partial charge in [0.25, 0.3) is 5.91 Å². The summed E-state index contributed by atoms with van der Waals surface area (Å²) in [5.41, 5.74) is 1.48. The summed E-state index contributed by atoms with van der Waals surface area (Å²) in [5.74, 6) is -1.67. The van der Waals surface area contributed by atoms with Gasteiger partial charge >= 0.3 is 6.36 Å². The third kappa shape index (κ3) is 4.84. The fraction of sp³-hybridized carbons (Fsp3) is 0.259. The van der Waals surface area contributed by atoms with Gasteiger partial charge in [0.15, 0.2) is 6.10 Å². The van der Waals surface area contributed by atoms with E-state index in [4.69, 9.17) is 9.57 Å². The van der Waals surface area contributed by atoms with E-state index in [1.165, 1.54) is 29.3 Å². The second-order valence-electron chi connectivity index (χ2n) is 8.63. The van der Waals surface area contributed by atoms with Gasteiger partial charge in [0.1, 0.15) is 17.4 Å². The average molecular weight is 512 g/mol. The topological polar surface area (TPSA) is 68.3 Å². The first-order chi connectivity index (χ1) is 17.8. The Balaban J connectivity index is 1.47. The molecular weight excluding hydrogens is 489 g/mol. The van der Waals surface area contributed by atoms with Crippen LogP contribution in [0.5, 0.6) is 11.5 Å². The fourth-order valence-corrected chi connectivity index (χ4v) is 4.58. The van der Waals surface area contributed by atoms with Crippen LogP contribution in [-0.2, 0) is 14.4 Å². The second-order valence-corrected chi connectivity index (χ2v) is 8.63. The Morgan fingerprint density at radius 2 is 1.49 bits per heavy atom. The summed E-state index contributed by atoms with van der Waals surface area (Å²) in [7, 11) is 0. The monoisotopic (exact) mass is 512 g/mol. The Kier molecular flexibility index (Phi) is 6.51. The zero-order valence-corrected chi connectivity index (χ0v) is 19.7. The summed E-state index contributed by atoms with van der Waals surface area (Å²) in [6.45, 7) is 2.53. The number of halogens is 3. The molecule has 0 aliphatic carbocycles. The van der Waals surface area contributed by atoms with Crippen molar-refractivity contribution < 1.29 is 37.1 Å². The number of rotatable bonds is 7. The quantitative estimate of drug-likeness (QED) is 0.394. The zero-order chi connectivity index (χ0) is 26.2. The van der Waals surface area contributed by atoms with Crippen LogP contribution in [0.25, 0.3) is 0 Å². The maximum atomic E-state index is 13.7. The first-order valence-corrected chi connectivity index (χ1v) is 11.7. The van der Waals surface area contributed by atoms with Gasteiger partial charge in [-0.15, -0.1) is 13.2 Å². The van der Waals surface area contributed by atoms with Crippen molar-refractivity contribution in [1.29, 1.82) is 0 Å². The van der Waals surface area contributed by atoms with Crippen LogP contribution in [0.15, 0.2) is 78.9 Å². The van der Waals surface area contributed by atoms with Gasteiger partial charge in [0, 0.05) is 0 Å². The van der Waals surface area contributed by atoms with Crippen molar-refractivity contribution in [2.24, 2.45) is 5.92 Å². The molecule has 7 nitrogen and oxygen atoms in total. The van der Waals surface area contributed by atoms with Crippen LogP contribution in [0.1, 0.15) is 24.9 Å². The number of imide groups is 1. The Morgan fingerprint density at radius 1 is 0.838 bits per heavy atom. The minimum absolute atomic E-state index is 0.385. The van der Waals surface area contributed by atoms with E-state index in [1.54, 1.807) is 48.5 Å². The van der Waals surface area contributed by atoms with Crippen molar-refractivity contribution in [3.8, 4) is 11.5 Å². The maximum absolute atomic E-state index is 13.7. The van der Waals surface area contributed by atoms with Crippen LogP contribution in [0, 0.1) is 5.92 Å². The molecule has 2 aliphatic rings. The highest BCUT2D eigenvalue weighted by Crippen LogP contribution is 2.48. The molecule has 3 aromatic carbocycles. The largest absolute Gasteiger partial charge is 0.573 e. The van der Waals surface area contributed by atoms with Crippen LogP contribution in [0.3, 0.4) is 0 Å². The number of benzene rings is 3. The predicted octanol–water partition coefficient (Wildman–Crippen LogP) is 5.43. The first-order valence-electron chi connectivity index (χ1n) is 11.7. The van der Waals surface area contributed by atoms with Crippen molar-refractivity contribution in [2.75, 3.05) is 16.6 Å². The zero-order valence-electron chi connectivity index (χ0n) is 19.7. The minimum Gasteiger partial charge on any atom is -0.494 e. The molecule has 0 unspecified atom stereocenters. The summed E-state index contributed by atoms with van der Waals surface area (Å²) in [6, 6.07) is 20.0. The summed E-state index contributed by atoms with van der Waals surface area (Å²) in [4.78, 5) is 34.2. The minimum atomic E-state index is -4.83. The molecule has 0 radical (unpaired) electrons. The molecule has 2 saturated heterocycles. The molecule has 10 heteroatoms. The molecule has 2 heterocycles. The van der Waals surface area contributed by atoms with Crippen LogP contribution in [-0.4, -0.2) is 30.9 Å². The third-order valence-electron chi connectivity index (χ3n) is 6.15. The number of fused-ring (bicyclic) bond motifs is 1. The van der Waals surface area contributed by atoms with Gasteiger partial charge in [-0.2, -0.15) is 0 Å². The van der Waals surface area contributed by atoms with Crippen LogP contribution >= 0.6 is 0 Å². The highest BCUT2D eigenvalue weighted by atomic mass is 19.4. The van der Waals surface area contributed by atoms with E-state index in [0.717, 1.165) is 11.3 Å². The molecule has 3 aromatic rings. The van der Waals surface area contributed by atoms with Gasteiger partial charge in [-0.3, -0.25) is 14.4 Å². The number of para-hydroxylation sites is 1. The van der Waals surface area contributed by atoms with Crippen molar-refractivity contribution >= 4 is 23.2 Å². The molecular formula is C27H23F3N2O5. The lowest BCUT2D eigenvalue weighted by atomic mass is 9.90. The number of amides is 2. The maximum Gasteiger partial charge on any atom is 0.573 e. The Hall–Kier alpha value is -4.05. The van der Waals surface area contributed by atoms with E-state index >= 15 is 0 Å². The number of nitrogens with zero attached hydrogens (tertiary/aromatic N) is 2. The lowest BCUT2D eigenvalue weighted by Gasteiger charge is -2.29. The molecule has 192 valence electrons. The van der Waals surface area contributed by atoms with E-state index in [1.807, 2.05) is 13.0 Å².